The van der Waals surface area contributed by atoms with E-state index in [-0.39, 0.29) is 0 Å². The third kappa shape index (κ3) is 3.08. The number of nitrogens with zero attached hydrogens (tertiary/aromatic N) is 1. The molecule has 0 radical (unpaired) electrons. The minimum absolute atomic E-state index is 0.781. The van der Waals surface area contributed by atoms with Gasteiger partial charge in [-0.3, -0.25) is 4.90 Å². The van der Waals surface area contributed by atoms with Gasteiger partial charge >= 0.3 is 0 Å². The van der Waals surface area contributed by atoms with Crippen LogP contribution in [0.15, 0.2) is 0 Å². The van der Waals surface area contributed by atoms with E-state index in [1.54, 1.807) is 0 Å². The van der Waals surface area contributed by atoms with Gasteiger partial charge in [-0.15, -0.1) is 0 Å². The summed E-state index contributed by atoms with van der Waals surface area (Å²) in [7, 11) is 0. The third-order valence-corrected chi connectivity index (χ3v) is 5.46. The van der Waals surface area contributed by atoms with Gasteiger partial charge in [0.05, 0.1) is 0 Å². The lowest BCUT2D eigenvalue weighted by atomic mass is 9.96. The molecule has 0 aromatic rings. The zero-order valence-corrected chi connectivity index (χ0v) is 12.0. The molecule has 1 aliphatic heterocycles. The van der Waals surface area contributed by atoms with Crippen molar-refractivity contribution in [1.29, 1.82) is 0 Å². The second-order valence-corrected chi connectivity index (χ2v) is 6.86. The van der Waals surface area contributed by atoms with Crippen LogP contribution in [0.5, 0.6) is 0 Å². The summed E-state index contributed by atoms with van der Waals surface area (Å²) >= 11 is 0. The Kier molecular flexibility index (Phi) is 4.25. The van der Waals surface area contributed by atoms with Crippen LogP contribution < -0.4 is 5.32 Å². The Morgan fingerprint density at radius 2 is 1.72 bits per heavy atom. The van der Waals surface area contributed by atoms with Crippen molar-refractivity contribution in [3.63, 3.8) is 0 Å². The van der Waals surface area contributed by atoms with Crippen molar-refractivity contribution in [3.05, 3.63) is 0 Å². The van der Waals surface area contributed by atoms with E-state index in [0.29, 0.717) is 0 Å². The Morgan fingerprint density at radius 1 is 1.00 bits per heavy atom. The number of piperidine rings is 1. The summed E-state index contributed by atoms with van der Waals surface area (Å²) < 4.78 is 0. The van der Waals surface area contributed by atoms with Crippen molar-refractivity contribution in [3.8, 4) is 0 Å². The molecule has 0 aromatic carbocycles. The van der Waals surface area contributed by atoms with Gasteiger partial charge in [-0.25, -0.2) is 0 Å². The number of nitrogens with one attached hydrogen (secondary N) is 1. The first kappa shape index (κ1) is 12.9. The minimum Gasteiger partial charge on any atom is -0.313 e. The number of rotatable bonds is 5. The molecular formula is C16H30N2. The molecule has 1 heterocycles. The second kappa shape index (κ2) is 5.92. The van der Waals surface area contributed by atoms with Gasteiger partial charge in [-0.1, -0.05) is 19.3 Å². The van der Waals surface area contributed by atoms with Crippen molar-refractivity contribution in [2.45, 2.75) is 82.8 Å². The lowest BCUT2D eigenvalue weighted by molar-refractivity contribution is 0.125. The molecule has 2 heteroatoms. The standard InChI is InChI=1S/C16H30N2/c1-13(14-6-2-3-7-14)18(16-9-10-16)12-15-8-4-5-11-17-15/h13-17H,2-12H2,1H3. The summed E-state index contributed by atoms with van der Waals surface area (Å²) in [5.74, 6) is 0.995. The Bertz CT molecular complexity index is 250. The highest BCUT2D eigenvalue weighted by Gasteiger charge is 2.37. The molecule has 0 bridgehead atoms. The molecule has 2 aliphatic carbocycles. The summed E-state index contributed by atoms with van der Waals surface area (Å²) in [6, 6.07) is 2.55. The highest BCUT2D eigenvalue weighted by Crippen LogP contribution is 2.36. The molecule has 1 N–H and O–H groups in total. The van der Waals surface area contributed by atoms with E-state index in [2.05, 4.69) is 17.1 Å². The molecular weight excluding hydrogens is 220 g/mol. The summed E-state index contributed by atoms with van der Waals surface area (Å²) in [6.45, 7) is 5.08. The van der Waals surface area contributed by atoms with Crippen molar-refractivity contribution < 1.29 is 0 Å². The quantitative estimate of drug-likeness (QED) is 0.806. The van der Waals surface area contributed by atoms with E-state index < -0.39 is 0 Å². The minimum atomic E-state index is 0.781. The summed E-state index contributed by atoms with van der Waals surface area (Å²) in [6.07, 6.45) is 13.1. The van der Waals surface area contributed by atoms with E-state index in [1.165, 1.54) is 70.9 Å². The smallest absolute Gasteiger partial charge is 0.0195 e. The highest BCUT2D eigenvalue weighted by molar-refractivity contribution is 4.93. The van der Waals surface area contributed by atoms with Gasteiger partial charge < -0.3 is 5.32 Å². The van der Waals surface area contributed by atoms with Crippen LogP contribution in [-0.4, -0.2) is 36.1 Å². The van der Waals surface area contributed by atoms with Crippen LogP contribution in [0.4, 0.5) is 0 Å². The van der Waals surface area contributed by atoms with Crippen LogP contribution in [0.2, 0.25) is 0 Å². The van der Waals surface area contributed by atoms with Gasteiger partial charge in [-0.2, -0.15) is 0 Å². The van der Waals surface area contributed by atoms with Crippen molar-refractivity contribution in [1.82, 2.24) is 10.2 Å². The molecule has 1 saturated heterocycles. The lowest BCUT2D eigenvalue weighted by Crippen LogP contribution is -2.49. The molecule has 0 aromatic heterocycles. The maximum atomic E-state index is 3.74. The fourth-order valence-corrected chi connectivity index (χ4v) is 4.10. The van der Waals surface area contributed by atoms with Crippen LogP contribution in [0.25, 0.3) is 0 Å². The number of hydrogen-bond donors (Lipinski definition) is 1. The molecule has 18 heavy (non-hydrogen) atoms. The average Bonchev–Trinajstić information content (AvgIpc) is 3.10. The zero-order chi connectivity index (χ0) is 12.4. The van der Waals surface area contributed by atoms with Gasteiger partial charge in [0.25, 0.3) is 0 Å². The maximum Gasteiger partial charge on any atom is 0.0195 e. The molecule has 104 valence electrons. The zero-order valence-electron chi connectivity index (χ0n) is 12.0. The van der Waals surface area contributed by atoms with Crippen molar-refractivity contribution in [2.75, 3.05) is 13.1 Å². The first-order valence-electron chi connectivity index (χ1n) is 8.34. The Hall–Kier alpha value is -0.0800. The van der Waals surface area contributed by atoms with Gasteiger partial charge in [0, 0.05) is 24.7 Å². The van der Waals surface area contributed by atoms with Gasteiger partial charge in [0.1, 0.15) is 0 Å². The molecule has 2 saturated carbocycles. The van der Waals surface area contributed by atoms with Gasteiger partial charge in [-0.05, 0) is 57.9 Å². The molecule has 0 amide bonds. The highest BCUT2D eigenvalue weighted by atomic mass is 15.2. The predicted molar refractivity (Wildman–Crippen MR) is 76.8 cm³/mol. The predicted octanol–water partition coefficient (Wildman–Crippen LogP) is 3.17. The van der Waals surface area contributed by atoms with Crippen LogP contribution in [0.3, 0.4) is 0 Å². The summed E-state index contributed by atoms with van der Waals surface area (Å²) in [4.78, 5) is 2.87. The average molecular weight is 250 g/mol. The van der Waals surface area contributed by atoms with E-state index >= 15 is 0 Å². The molecule has 2 nitrogen and oxygen atoms in total. The fourth-order valence-electron chi connectivity index (χ4n) is 4.10. The van der Waals surface area contributed by atoms with Crippen LogP contribution >= 0.6 is 0 Å². The lowest BCUT2D eigenvalue weighted by Gasteiger charge is -2.37. The topological polar surface area (TPSA) is 15.3 Å². The molecule has 3 rings (SSSR count). The second-order valence-electron chi connectivity index (χ2n) is 6.86. The van der Waals surface area contributed by atoms with E-state index in [1.807, 2.05) is 0 Å². The maximum absolute atomic E-state index is 3.74. The third-order valence-electron chi connectivity index (χ3n) is 5.46. The van der Waals surface area contributed by atoms with Crippen LogP contribution in [0, 0.1) is 5.92 Å². The van der Waals surface area contributed by atoms with E-state index in [0.717, 1.165) is 24.0 Å². The van der Waals surface area contributed by atoms with Gasteiger partial charge in [0.15, 0.2) is 0 Å². The van der Waals surface area contributed by atoms with Crippen LogP contribution in [0.1, 0.15) is 64.7 Å². The number of hydrogen-bond acceptors (Lipinski definition) is 2. The Balaban J connectivity index is 1.56. The molecule has 2 atom stereocenters. The summed E-state index contributed by atoms with van der Waals surface area (Å²) in [5, 5.41) is 3.74. The monoisotopic (exact) mass is 250 g/mol. The molecule has 3 fully saturated rings. The van der Waals surface area contributed by atoms with E-state index in [9.17, 15) is 0 Å². The SMILES string of the molecule is CC(C1CCCC1)N(CC1CCCCN1)C1CC1. The van der Waals surface area contributed by atoms with Crippen molar-refractivity contribution in [2.24, 2.45) is 5.92 Å². The normalized spacial score (nSPS) is 32.0. The fraction of sp³-hybridized carbons (Fsp3) is 1.00. The Labute approximate surface area is 113 Å². The summed E-state index contributed by atoms with van der Waals surface area (Å²) in [5.41, 5.74) is 0. The Morgan fingerprint density at radius 3 is 2.33 bits per heavy atom. The largest absolute Gasteiger partial charge is 0.313 e. The first-order valence-corrected chi connectivity index (χ1v) is 8.34. The molecule has 2 unspecified atom stereocenters. The van der Waals surface area contributed by atoms with E-state index in [4.69, 9.17) is 0 Å². The first-order chi connectivity index (χ1) is 8.84. The molecule has 3 aliphatic rings. The van der Waals surface area contributed by atoms with Crippen molar-refractivity contribution >= 4 is 0 Å². The van der Waals surface area contributed by atoms with Gasteiger partial charge in [0.2, 0.25) is 0 Å². The van der Waals surface area contributed by atoms with Crippen LogP contribution in [-0.2, 0) is 0 Å². The molecule has 0 spiro atoms.